The van der Waals surface area contributed by atoms with E-state index in [1.54, 1.807) is 7.11 Å². The molecular weight excluding hydrogens is 328 g/mol. The Bertz CT molecular complexity index is 679. The van der Waals surface area contributed by atoms with Gasteiger partial charge in [0.25, 0.3) is 0 Å². The first-order valence-corrected chi connectivity index (χ1v) is 9.87. The summed E-state index contributed by atoms with van der Waals surface area (Å²) < 4.78 is 5.22. The molecule has 140 valence electrons. The number of carbonyl (C=O) groups excluding carboxylic acids is 1. The molecule has 2 heterocycles. The number of rotatable bonds is 3. The number of ether oxygens (including phenoxy) is 1. The van der Waals surface area contributed by atoms with Crippen LogP contribution in [0.3, 0.4) is 0 Å². The van der Waals surface area contributed by atoms with Gasteiger partial charge in [-0.2, -0.15) is 0 Å². The van der Waals surface area contributed by atoms with Gasteiger partial charge >= 0.3 is 0 Å². The van der Waals surface area contributed by atoms with Crippen LogP contribution in [0, 0.1) is 5.92 Å². The molecule has 1 unspecified atom stereocenters. The Kier molecular flexibility index (Phi) is 4.88. The smallest absolute Gasteiger partial charge is 0.225 e. The lowest BCUT2D eigenvalue weighted by atomic mass is 9.84. The Hall–Kier alpha value is -2.04. The molecule has 2 aliphatic heterocycles. The maximum Gasteiger partial charge on any atom is 0.225 e. The Morgan fingerprint density at radius 3 is 2.69 bits per heavy atom. The lowest BCUT2D eigenvalue weighted by Gasteiger charge is -2.40. The van der Waals surface area contributed by atoms with Crippen molar-refractivity contribution in [3.63, 3.8) is 0 Å². The molecule has 1 amide bonds. The van der Waals surface area contributed by atoms with Crippen molar-refractivity contribution < 1.29 is 14.4 Å². The number of amides is 1. The summed E-state index contributed by atoms with van der Waals surface area (Å²) >= 11 is 0. The third-order valence-corrected chi connectivity index (χ3v) is 6.07. The minimum Gasteiger partial charge on any atom is -0.497 e. The first kappa shape index (κ1) is 17.4. The van der Waals surface area contributed by atoms with Gasteiger partial charge in [0.1, 0.15) is 5.75 Å². The zero-order valence-corrected chi connectivity index (χ0v) is 15.6. The van der Waals surface area contributed by atoms with E-state index in [2.05, 4.69) is 5.16 Å². The highest BCUT2D eigenvalue weighted by molar-refractivity contribution is 6.01. The number of benzene rings is 1. The number of nitrogens with zero attached hydrogens (tertiary/aromatic N) is 2. The maximum absolute atomic E-state index is 12.9. The zero-order chi connectivity index (χ0) is 18.0. The van der Waals surface area contributed by atoms with Crippen LogP contribution >= 0.6 is 0 Å². The van der Waals surface area contributed by atoms with Gasteiger partial charge in [0.05, 0.1) is 19.4 Å². The van der Waals surface area contributed by atoms with Crippen molar-refractivity contribution in [3.8, 4) is 5.75 Å². The standard InChI is InChI=1S/C21H28N2O3/c1-25-18-10-8-16(9-11-18)19-14-21(26-22-19)12-5-13-23(15-21)20(24)17-6-3-2-4-7-17/h8-11,17H,2-7,12-15H2,1H3. The molecule has 3 aliphatic rings. The zero-order valence-electron chi connectivity index (χ0n) is 15.6. The first-order chi connectivity index (χ1) is 12.7. The third-order valence-electron chi connectivity index (χ3n) is 6.07. The number of hydrogen-bond donors (Lipinski definition) is 0. The topological polar surface area (TPSA) is 51.1 Å². The summed E-state index contributed by atoms with van der Waals surface area (Å²) in [5, 5.41) is 4.38. The summed E-state index contributed by atoms with van der Waals surface area (Å²) in [7, 11) is 1.67. The van der Waals surface area contributed by atoms with Gasteiger partial charge in [-0.1, -0.05) is 24.4 Å². The molecule has 5 heteroatoms. The molecule has 0 aromatic heterocycles. The van der Waals surface area contributed by atoms with E-state index in [-0.39, 0.29) is 11.5 Å². The van der Waals surface area contributed by atoms with E-state index in [1.165, 1.54) is 19.3 Å². The Labute approximate surface area is 155 Å². The molecule has 1 saturated heterocycles. The predicted octanol–water partition coefficient (Wildman–Crippen LogP) is 3.76. The van der Waals surface area contributed by atoms with E-state index in [1.807, 2.05) is 29.2 Å². The highest BCUT2D eigenvalue weighted by Crippen LogP contribution is 2.36. The van der Waals surface area contributed by atoms with Gasteiger partial charge in [-0.05, 0) is 55.5 Å². The monoisotopic (exact) mass is 356 g/mol. The van der Waals surface area contributed by atoms with Crippen LogP contribution in [-0.4, -0.2) is 42.3 Å². The van der Waals surface area contributed by atoms with Crippen molar-refractivity contribution in [2.24, 2.45) is 11.1 Å². The number of hydrogen-bond acceptors (Lipinski definition) is 4. The van der Waals surface area contributed by atoms with E-state index in [9.17, 15) is 4.79 Å². The number of oxime groups is 1. The quantitative estimate of drug-likeness (QED) is 0.828. The van der Waals surface area contributed by atoms with E-state index in [0.717, 1.165) is 55.7 Å². The Morgan fingerprint density at radius 2 is 1.96 bits per heavy atom. The van der Waals surface area contributed by atoms with Crippen molar-refractivity contribution >= 4 is 11.6 Å². The molecule has 1 spiro atoms. The van der Waals surface area contributed by atoms with Gasteiger partial charge in [-0.15, -0.1) is 0 Å². The second kappa shape index (κ2) is 7.29. The number of methoxy groups -OCH3 is 1. The molecule has 4 rings (SSSR count). The van der Waals surface area contributed by atoms with Crippen LogP contribution in [0.4, 0.5) is 0 Å². The van der Waals surface area contributed by atoms with Crippen molar-refractivity contribution in [2.75, 3.05) is 20.2 Å². The molecular formula is C21H28N2O3. The van der Waals surface area contributed by atoms with Crippen LogP contribution in [-0.2, 0) is 9.63 Å². The van der Waals surface area contributed by atoms with Gasteiger partial charge < -0.3 is 14.5 Å². The summed E-state index contributed by atoms with van der Waals surface area (Å²) in [6, 6.07) is 7.94. The van der Waals surface area contributed by atoms with Gasteiger partial charge in [0.2, 0.25) is 5.91 Å². The second-order valence-electron chi connectivity index (χ2n) is 7.92. The fourth-order valence-corrected chi connectivity index (χ4v) is 4.57. The average Bonchev–Trinajstić information content (AvgIpc) is 3.11. The fourth-order valence-electron chi connectivity index (χ4n) is 4.57. The SMILES string of the molecule is COc1ccc(C2=NOC3(CCCN(C(=O)C4CCCCC4)C3)C2)cc1. The fraction of sp³-hybridized carbons (Fsp3) is 0.619. The molecule has 1 aliphatic carbocycles. The van der Waals surface area contributed by atoms with Crippen molar-refractivity contribution in [1.82, 2.24) is 4.90 Å². The highest BCUT2D eigenvalue weighted by atomic mass is 16.7. The number of piperidine rings is 1. The maximum atomic E-state index is 12.9. The van der Waals surface area contributed by atoms with Crippen molar-refractivity contribution in [2.45, 2.75) is 57.0 Å². The van der Waals surface area contributed by atoms with Crippen LogP contribution in [0.15, 0.2) is 29.4 Å². The van der Waals surface area contributed by atoms with E-state index < -0.39 is 0 Å². The van der Waals surface area contributed by atoms with Crippen LogP contribution in [0.2, 0.25) is 0 Å². The van der Waals surface area contributed by atoms with Crippen LogP contribution in [0.5, 0.6) is 5.75 Å². The lowest BCUT2D eigenvalue weighted by molar-refractivity contribution is -0.145. The summed E-state index contributed by atoms with van der Waals surface area (Å²) in [5.41, 5.74) is 1.70. The molecule has 0 radical (unpaired) electrons. The minimum absolute atomic E-state index is 0.224. The summed E-state index contributed by atoms with van der Waals surface area (Å²) in [6.45, 7) is 1.53. The molecule has 1 saturated carbocycles. The third kappa shape index (κ3) is 3.44. The minimum atomic E-state index is -0.335. The van der Waals surface area contributed by atoms with Crippen LogP contribution < -0.4 is 4.74 Å². The van der Waals surface area contributed by atoms with Gasteiger partial charge in [-0.25, -0.2) is 0 Å². The molecule has 0 N–H and O–H groups in total. The summed E-state index contributed by atoms with van der Waals surface area (Å²) in [5.74, 6) is 1.40. The summed E-state index contributed by atoms with van der Waals surface area (Å²) in [4.78, 5) is 20.9. The molecule has 26 heavy (non-hydrogen) atoms. The number of likely N-dealkylation sites (tertiary alicyclic amines) is 1. The van der Waals surface area contributed by atoms with Crippen LogP contribution in [0.1, 0.15) is 56.9 Å². The largest absolute Gasteiger partial charge is 0.497 e. The first-order valence-electron chi connectivity index (χ1n) is 9.87. The molecule has 1 aromatic carbocycles. The normalized spacial score (nSPS) is 26.5. The highest BCUT2D eigenvalue weighted by Gasteiger charge is 2.45. The molecule has 1 aromatic rings. The van der Waals surface area contributed by atoms with Gasteiger partial charge in [-0.3, -0.25) is 4.79 Å². The van der Waals surface area contributed by atoms with Crippen LogP contribution in [0.25, 0.3) is 0 Å². The molecule has 0 bridgehead atoms. The van der Waals surface area contributed by atoms with Crippen molar-refractivity contribution in [3.05, 3.63) is 29.8 Å². The molecule has 2 fully saturated rings. The Morgan fingerprint density at radius 1 is 1.19 bits per heavy atom. The van der Waals surface area contributed by atoms with E-state index in [4.69, 9.17) is 9.57 Å². The average molecular weight is 356 g/mol. The number of carbonyl (C=O) groups is 1. The van der Waals surface area contributed by atoms with E-state index in [0.29, 0.717) is 12.5 Å². The lowest BCUT2D eigenvalue weighted by Crippen LogP contribution is -2.52. The van der Waals surface area contributed by atoms with Gasteiger partial charge in [0, 0.05) is 18.9 Å². The van der Waals surface area contributed by atoms with E-state index >= 15 is 0 Å². The molecule has 1 atom stereocenters. The van der Waals surface area contributed by atoms with Crippen molar-refractivity contribution in [1.29, 1.82) is 0 Å². The van der Waals surface area contributed by atoms with Gasteiger partial charge in [0.15, 0.2) is 5.60 Å². The molecule has 5 nitrogen and oxygen atoms in total. The Balaban J connectivity index is 1.42. The summed E-state index contributed by atoms with van der Waals surface area (Å²) in [6.07, 6.45) is 8.49. The predicted molar refractivity (Wildman–Crippen MR) is 100 cm³/mol. The second-order valence-corrected chi connectivity index (χ2v) is 7.92.